The van der Waals surface area contributed by atoms with Crippen LogP contribution in [0.25, 0.3) is 0 Å². The van der Waals surface area contributed by atoms with Crippen molar-refractivity contribution in [1.82, 2.24) is 9.97 Å². The number of hydrogen-bond donors (Lipinski definition) is 1. The normalized spacial score (nSPS) is 10.2. The molecule has 0 saturated heterocycles. The van der Waals surface area contributed by atoms with Crippen LogP contribution in [-0.4, -0.2) is 27.7 Å². The number of carbonyl (C=O) groups is 1. The van der Waals surface area contributed by atoms with Gasteiger partial charge in [0.15, 0.2) is 0 Å². The Kier molecular flexibility index (Phi) is 4.22. The van der Waals surface area contributed by atoms with Crippen LogP contribution in [0.1, 0.15) is 30.4 Å². The average Bonchev–Trinajstić information content (AvgIpc) is 2.23. The lowest BCUT2D eigenvalue weighted by atomic mass is 10.2. The molecule has 5 heteroatoms. The Labute approximate surface area is 94.5 Å². The summed E-state index contributed by atoms with van der Waals surface area (Å²) < 4.78 is 5.34. The molecule has 1 heterocycles. The molecule has 0 aromatic carbocycles. The molecule has 16 heavy (non-hydrogen) atoms. The van der Waals surface area contributed by atoms with Crippen LogP contribution >= 0.6 is 0 Å². The third-order valence-electron chi connectivity index (χ3n) is 2.26. The molecule has 5 nitrogen and oxygen atoms in total. The number of ether oxygens (including phenoxy) is 1. The SMILES string of the molecule is CCc1nc(C)c(C)c(OCCC(=O)O)n1. The van der Waals surface area contributed by atoms with Crippen LogP contribution in [0.4, 0.5) is 0 Å². The van der Waals surface area contributed by atoms with Gasteiger partial charge in [0.1, 0.15) is 12.4 Å². The van der Waals surface area contributed by atoms with Gasteiger partial charge in [-0.2, -0.15) is 4.98 Å². The second-order valence-electron chi connectivity index (χ2n) is 3.50. The Hall–Kier alpha value is -1.65. The molecule has 0 aliphatic heterocycles. The summed E-state index contributed by atoms with van der Waals surface area (Å²) in [6.07, 6.45) is 0.709. The highest BCUT2D eigenvalue weighted by Crippen LogP contribution is 2.17. The van der Waals surface area contributed by atoms with Crippen molar-refractivity contribution in [2.45, 2.75) is 33.6 Å². The van der Waals surface area contributed by atoms with Crippen LogP contribution in [0.5, 0.6) is 5.88 Å². The minimum Gasteiger partial charge on any atom is -0.481 e. The maximum Gasteiger partial charge on any atom is 0.306 e. The van der Waals surface area contributed by atoms with E-state index in [9.17, 15) is 4.79 Å². The van der Waals surface area contributed by atoms with Gasteiger partial charge in [0.2, 0.25) is 5.88 Å². The van der Waals surface area contributed by atoms with Gasteiger partial charge in [-0.3, -0.25) is 4.79 Å². The van der Waals surface area contributed by atoms with E-state index in [-0.39, 0.29) is 13.0 Å². The fourth-order valence-corrected chi connectivity index (χ4v) is 1.19. The van der Waals surface area contributed by atoms with Gasteiger partial charge >= 0.3 is 5.97 Å². The molecule has 0 aliphatic carbocycles. The van der Waals surface area contributed by atoms with Crippen molar-refractivity contribution < 1.29 is 14.6 Å². The second kappa shape index (κ2) is 5.44. The third-order valence-corrected chi connectivity index (χ3v) is 2.26. The molecular formula is C11H16N2O3. The Morgan fingerprint density at radius 1 is 1.38 bits per heavy atom. The van der Waals surface area contributed by atoms with Crippen molar-refractivity contribution in [2.24, 2.45) is 0 Å². The Morgan fingerprint density at radius 2 is 2.06 bits per heavy atom. The highest BCUT2D eigenvalue weighted by Gasteiger charge is 2.08. The largest absolute Gasteiger partial charge is 0.481 e. The van der Waals surface area contributed by atoms with E-state index in [1.807, 2.05) is 20.8 Å². The maximum atomic E-state index is 10.4. The molecule has 1 aromatic rings. The molecule has 88 valence electrons. The van der Waals surface area contributed by atoms with Crippen molar-refractivity contribution in [3.05, 3.63) is 17.1 Å². The summed E-state index contributed by atoms with van der Waals surface area (Å²) in [7, 11) is 0. The first-order chi connectivity index (χ1) is 7.54. The van der Waals surface area contributed by atoms with Crippen LogP contribution in [0.15, 0.2) is 0 Å². The molecule has 1 rings (SSSR count). The number of carboxylic acids is 1. The molecule has 0 unspecified atom stereocenters. The Bertz CT molecular complexity index is 391. The van der Waals surface area contributed by atoms with E-state index in [0.717, 1.165) is 17.7 Å². The van der Waals surface area contributed by atoms with E-state index in [0.29, 0.717) is 11.7 Å². The molecule has 1 aromatic heterocycles. The summed E-state index contributed by atoms with van der Waals surface area (Å²) in [4.78, 5) is 18.9. The van der Waals surface area contributed by atoms with Crippen molar-refractivity contribution in [3.8, 4) is 5.88 Å². The summed E-state index contributed by atoms with van der Waals surface area (Å²) in [6.45, 7) is 5.85. The van der Waals surface area contributed by atoms with Gasteiger partial charge in [-0.15, -0.1) is 0 Å². The van der Waals surface area contributed by atoms with E-state index in [1.54, 1.807) is 0 Å². The van der Waals surface area contributed by atoms with Crippen LogP contribution in [0.2, 0.25) is 0 Å². The molecule has 0 amide bonds. The maximum absolute atomic E-state index is 10.4. The summed E-state index contributed by atoms with van der Waals surface area (Å²) >= 11 is 0. The first-order valence-corrected chi connectivity index (χ1v) is 5.23. The number of carboxylic acid groups (broad SMARTS) is 1. The highest BCUT2D eigenvalue weighted by molar-refractivity contribution is 5.66. The zero-order valence-electron chi connectivity index (χ0n) is 9.78. The minimum absolute atomic E-state index is 0.0239. The summed E-state index contributed by atoms with van der Waals surface area (Å²) in [5.41, 5.74) is 1.74. The minimum atomic E-state index is -0.876. The number of aryl methyl sites for hydroxylation is 2. The molecule has 0 fully saturated rings. The first kappa shape index (κ1) is 12.4. The fraction of sp³-hybridized carbons (Fsp3) is 0.545. The fourth-order valence-electron chi connectivity index (χ4n) is 1.19. The number of nitrogens with zero attached hydrogens (tertiary/aromatic N) is 2. The van der Waals surface area contributed by atoms with E-state index < -0.39 is 5.97 Å². The van der Waals surface area contributed by atoms with E-state index in [4.69, 9.17) is 9.84 Å². The van der Waals surface area contributed by atoms with Gasteiger partial charge in [0.05, 0.1) is 6.42 Å². The van der Waals surface area contributed by atoms with E-state index in [2.05, 4.69) is 9.97 Å². The van der Waals surface area contributed by atoms with Crippen LogP contribution in [0, 0.1) is 13.8 Å². The quantitative estimate of drug-likeness (QED) is 0.820. The van der Waals surface area contributed by atoms with Crippen molar-refractivity contribution in [2.75, 3.05) is 6.61 Å². The van der Waals surface area contributed by atoms with Gasteiger partial charge < -0.3 is 9.84 Å². The van der Waals surface area contributed by atoms with Crippen molar-refractivity contribution in [3.63, 3.8) is 0 Å². The lowest BCUT2D eigenvalue weighted by Gasteiger charge is -2.10. The lowest BCUT2D eigenvalue weighted by molar-refractivity contribution is -0.137. The molecule has 0 bridgehead atoms. The summed E-state index contributed by atoms with van der Waals surface area (Å²) in [5, 5.41) is 8.50. The Balaban J connectivity index is 2.78. The molecule has 0 saturated carbocycles. The monoisotopic (exact) mass is 224 g/mol. The third kappa shape index (κ3) is 3.18. The number of aromatic nitrogens is 2. The van der Waals surface area contributed by atoms with E-state index >= 15 is 0 Å². The first-order valence-electron chi connectivity index (χ1n) is 5.23. The predicted octanol–water partition coefficient (Wildman–Crippen LogP) is 1.51. The van der Waals surface area contributed by atoms with Gasteiger partial charge in [-0.25, -0.2) is 4.98 Å². The zero-order valence-corrected chi connectivity index (χ0v) is 9.78. The molecule has 0 radical (unpaired) electrons. The topological polar surface area (TPSA) is 72.3 Å². The van der Waals surface area contributed by atoms with E-state index in [1.165, 1.54) is 0 Å². The lowest BCUT2D eigenvalue weighted by Crippen LogP contribution is -2.09. The molecular weight excluding hydrogens is 208 g/mol. The van der Waals surface area contributed by atoms with Gasteiger partial charge in [0.25, 0.3) is 0 Å². The number of hydrogen-bond acceptors (Lipinski definition) is 4. The molecule has 0 aliphatic rings. The van der Waals surface area contributed by atoms with Crippen LogP contribution in [0.3, 0.4) is 0 Å². The summed E-state index contributed by atoms with van der Waals surface area (Å²) in [5.74, 6) is 0.332. The number of aliphatic carboxylic acids is 1. The predicted molar refractivity (Wildman–Crippen MR) is 58.6 cm³/mol. The zero-order chi connectivity index (χ0) is 12.1. The molecule has 0 spiro atoms. The van der Waals surface area contributed by atoms with Crippen molar-refractivity contribution in [1.29, 1.82) is 0 Å². The molecule has 1 N–H and O–H groups in total. The highest BCUT2D eigenvalue weighted by atomic mass is 16.5. The smallest absolute Gasteiger partial charge is 0.306 e. The average molecular weight is 224 g/mol. The second-order valence-corrected chi connectivity index (χ2v) is 3.50. The Morgan fingerprint density at radius 3 is 2.62 bits per heavy atom. The molecule has 0 atom stereocenters. The standard InChI is InChI=1S/C11H16N2O3/c1-4-9-12-8(3)7(2)11(13-9)16-6-5-10(14)15/h4-6H2,1-3H3,(H,14,15). The van der Waals surface area contributed by atoms with Crippen molar-refractivity contribution >= 4 is 5.97 Å². The summed E-state index contributed by atoms with van der Waals surface area (Å²) in [6, 6.07) is 0. The number of rotatable bonds is 5. The van der Waals surface area contributed by atoms with Crippen LogP contribution < -0.4 is 4.74 Å². The van der Waals surface area contributed by atoms with Crippen LogP contribution in [-0.2, 0) is 11.2 Å². The van der Waals surface area contributed by atoms with Gasteiger partial charge in [-0.1, -0.05) is 6.92 Å². The van der Waals surface area contributed by atoms with Gasteiger partial charge in [-0.05, 0) is 13.8 Å². The van der Waals surface area contributed by atoms with Gasteiger partial charge in [0, 0.05) is 17.7 Å².